The number of benzene rings is 6. The van der Waals surface area contributed by atoms with Gasteiger partial charge in [-0.25, -0.2) is 8.78 Å². The van der Waals surface area contributed by atoms with Crippen molar-refractivity contribution in [3.8, 4) is 32.4 Å². The third-order valence-corrected chi connectivity index (χ3v) is 24.5. The number of carbonyl (C=O) groups excluding carboxylic acids is 6. The monoisotopic (exact) mass is 1570 g/mol. The highest BCUT2D eigenvalue weighted by Gasteiger charge is 2.34. The van der Waals surface area contributed by atoms with Crippen molar-refractivity contribution in [3.63, 3.8) is 0 Å². The van der Waals surface area contributed by atoms with Gasteiger partial charge in [0.15, 0.2) is 34.7 Å². The highest BCUT2D eigenvalue weighted by atomic mass is 35.5. The van der Waals surface area contributed by atoms with E-state index >= 15 is 0 Å². The zero-order chi connectivity index (χ0) is 75.2. The predicted octanol–water partition coefficient (Wildman–Crippen LogP) is 21.8. The standard InChI is InChI=1S/C16H18O2S.C13H14O3S.C12H8Cl2O2S.C12H10Cl2O2S.2C12H11FO2S/c1-10(17)13-9-19-15(14(13)18)11-5-7-12(8-6-11)16(2,3)4;1-8(15)11-7-17-13(12(11)16)10-4-2-9(6-14)3-5-10;1-6(15)8-5-17-12(11(8)16)7-2-3-9(13)10(14)4-7;1-6(15)9-5-17-12(11(9)16)8-3-2-7(13)4-10(8)14;1-7(14)10-6-16-12(11(10)15)8-2-4-9(13)5-3-8;1-7(14)10-6-16-12(11(10)15)8-3-2-4-9(13)5-8/h5-9,18H,1-4H3;2-5,13-14,16H,6-7H2,1H3;2-5,16H,1H3;2-4,12,16H,5H2,1H3;2*2-5,12,15H,6H2,1H3. The number of ketones is 6. The molecule has 0 saturated heterocycles. The SMILES string of the molecule is CC(=O)C1=C(O)C(c2ccc(CO)cc2)SC1.CC(=O)C1=C(O)C(c2ccc(Cl)cc2Cl)SC1.CC(=O)C1=C(O)C(c2ccc(F)cc2)SC1.CC(=O)C1=C(O)C(c2cccc(F)c2)SC1.CC(=O)c1csc(-c2ccc(C(C)(C)C)cc2)c1O.CC(=O)c1csc(-c2ccc(Cl)c(Cl)c2)c1O. The zero-order valence-corrected chi connectivity index (χ0v) is 64.4. The van der Waals surface area contributed by atoms with Gasteiger partial charge in [0.05, 0.1) is 58.5 Å². The molecule has 0 spiro atoms. The molecule has 6 heterocycles. The van der Waals surface area contributed by atoms with E-state index in [0.29, 0.717) is 87.0 Å². The molecule has 0 bridgehead atoms. The fraction of sp³-hybridized carbons (Fsp3) is 0.247. The molecule has 7 N–H and O–H groups in total. The van der Waals surface area contributed by atoms with Crippen molar-refractivity contribution in [1.82, 2.24) is 0 Å². The van der Waals surface area contributed by atoms with Crippen molar-refractivity contribution >= 4 is 151 Å². The zero-order valence-electron chi connectivity index (χ0n) is 56.5. The molecular formula is C77H72Cl4F2O13S6. The maximum absolute atomic E-state index is 13.0. The third kappa shape index (κ3) is 21.1. The number of hydrogen-bond donors (Lipinski definition) is 7. The summed E-state index contributed by atoms with van der Waals surface area (Å²) in [6.07, 6.45) is 0. The van der Waals surface area contributed by atoms with E-state index in [1.54, 1.807) is 83.2 Å². The normalized spacial score (nSPS) is 16.9. The first-order valence-electron chi connectivity index (χ1n) is 31.2. The Morgan fingerprint density at radius 2 is 0.843 bits per heavy atom. The molecule has 4 unspecified atom stereocenters. The van der Waals surface area contributed by atoms with E-state index in [1.165, 1.54) is 129 Å². The molecule has 6 aromatic carbocycles. The minimum absolute atomic E-state index is 0.000823. The van der Waals surface area contributed by atoms with Crippen LogP contribution in [0.25, 0.3) is 20.9 Å². The Bertz CT molecular complexity index is 4580. The minimum Gasteiger partial charge on any atom is -0.510 e. The Labute approximate surface area is 635 Å². The van der Waals surface area contributed by atoms with Crippen molar-refractivity contribution in [3.05, 3.63) is 266 Å². The van der Waals surface area contributed by atoms with Gasteiger partial charge in [-0.15, -0.1) is 69.7 Å². The molecule has 2 aromatic heterocycles. The number of aromatic hydroxyl groups is 2. The van der Waals surface area contributed by atoms with Gasteiger partial charge >= 0.3 is 0 Å². The van der Waals surface area contributed by atoms with Crippen LogP contribution in [0, 0.1) is 11.6 Å². The Morgan fingerprint density at radius 1 is 0.431 bits per heavy atom. The number of thioether (sulfide) groups is 4. The molecular weight excluding hydrogens is 1510 g/mol. The fourth-order valence-electron chi connectivity index (χ4n) is 10.2. The summed E-state index contributed by atoms with van der Waals surface area (Å²) in [5, 5.41) is 73.0. The van der Waals surface area contributed by atoms with Crippen LogP contribution >= 0.6 is 116 Å². The summed E-state index contributed by atoms with van der Waals surface area (Å²) >= 11 is 32.3. The Balaban J connectivity index is 0.000000172. The lowest BCUT2D eigenvalue weighted by atomic mass is 9.86. The van der Waals surface area contributed by atoms with Gasteiger partial charge < -0.3 is 35.7 Å². The number of rotatable bonds is 13. The number of aliphatic hydroxyl groups is 5. The number of thiophene rings is 2. The van der Waals surface area contributed by atoms with Gasteiger partial charge in [-0.2, -0.15) is 0 Å². The number of Topliss-reactive ketones (excluding diaryl/α,β-unsaturated/α-hetero) is 6. The third-order valence-electron chi connectivity index (χ3n) is 16.0. The van der Waals surface area contributed by atoms with E-state index in [0.717, 1.165) is 38.3 Å². The number of aliphatic hydroxyl groups excluding tert-OH is 5. The highest BCUT2D eigenvalue weighted by Crippen LogP contribution is 2.49. The molecule has 0 amide bonds. The van der Waals surface area contributed by atoms with Crippen LogP contribution in [0.15, 0.2) is 190 Å². The van der Waals surface area contributed by atoms with Crippen LogP contribution in [-0.2, 0) is 31.2 Å². The highest BCUT2D eigenvalue weighted by molar-refractivity contribution is 8.01. The maximum atomic E-state index is 13.0. The van der Waals surface area contributed by atoms with Gasteiger partial charge in [-0.1, -0.05) is 152 Å². The van der Waals surface area contributed by atoms with Crippen LogP contribution in [0.2, 0.25) is 20.1 Å². The number of hydrogen-bond acceptors (Lipinski definition) is 19. The van der Waals surface area contributed by atoms with Gasteiger partial charge in [0.2, 0.25) is 0 Å². The number of carbonyl (C=O) groups is 6. The first kappa shape index (κ1) is 82.2. The van der Waals surface area contributed by atoms with E-state index in [9.17, 15) is 68.2 Å². The summed E-state index contributed by atoms with van der Waals surface area (Å²) in [7, 11) is 0. The van der Waals surface area contributed by atoms with E-state index < -0.39 is 0 Å². The molecule has 102 heavy (non-hydrogen) atoms. The Morgan fingerprint density at radius 3 is 1.23 bits per heavy atom. The molecule has 8 aromatic rings. The Kier molecular flexibility index (Phi) is 29.8. The van der Waals surface area contributed by atoms with E-state index in [2.05, 4.69) is 32.9 Å². The largest absolute Gasteiger partial charge is 0.510 e. The summed E-state index contributed by atoms with van der Waals surface area (Å²) in [5.41, 5.74) is 9.80. The van der Waals surface area contributed by atoms with Crippen molar-refractivity contribution in [2.45, 2.75) is 95.3 Å². The van der Waals surface area contributed by atoms with Crippen LogP contribution in [-0.4, -0.2) is 93.5 Å². The van der Waals surface area contributed by atoms with Crippen molar-refractivity contribution in [1.29, 1.82) is 0 Å². The molecule has 4 atom stereocenters. The molecule has 13 nitrogen and oxygen atoms in total. The average molecular weight is 1580 g/mol. The van der Waals surface area contributed by atoms with E-state index in [4.69, 9.17) is 51.5 Å². The summed E-state index contributed by atoms with van der Waals surface area (Å²) in [4.78, 5) is 68.9. The van der Waals surface area contributed by atoms with Gasteiger partial charge in [0.1, 0.15) is 46.2 Å². The Hall–Kier alpha value is -7.12. The average Bonchev–Trinajstić information content (AvgIpc) is 1.64. The molecule has 0 fully saturated rings. The lowest BCUT2D eigenvalue weighted by Gasteiger charge is -2.19. The minimum atomic E-state index is -0.331. The van der Waals surface area contributed by atoms with Crippen LogP contribution in [0.4, 0.5) is 8.78 Å². The second kappa shape index (κ2) is 37.0. The summed E-state index contributed by atoms with van der Waals surface area (Å²) in [6, 6.07) is 37.8. The second-order valence-corrected chi connectivity index (χ2v) is 32.1. The molecule has 0 saturated carbocycles. The van der Waals surface area contributed by atoms with Crippen LogP contribution in [0.1, 0.15) is 137 Å². The first-order valence-corrected chi connectivity index (χ1v) is 38.6. The smallest absolute Gasteiger partial charge is 0.164 e. The summed E-state index contributed by atoms with van der Waals surface area (Å²) < 4.78 is 25.8. The van der Waals surface area contributed by atoms with Gasteiger partial charge in [0.25, 0.3) is 0 Å². The molecule has 12 rings (SSSR count). The second-order valence-electron chi connectivity index (χ2n) is 24.3. The quantitative estimate of drug-likeness (QED) is 0.0531. The predicted molar refractivity (Wildman–Crippen MR) is 415 cm³/mol. The molecule has 25 heteroatoms. The lowest BCUT2D eigenvalue weighted by molar-refractivity contribution is -0.114. The van der Waals surface area contributed by atoms with Gasteiger partial charge in [0, 0.05) is 66.1 Å². The van der Waals surface area contributed by atoms with Crippen LogP contribution < -0.4 is 0 Å². The fourth-order valence-corrected chi connectivity index (χ4v) is 18.5. The van der Waals surface area contributed by atoms with Crippen molar-refractivity contribution in [2.24, 2.45) is 0 Å². The van der Waals surface area contributed by atoms with Gasteiger partial charge in [-0.05, 0) is 140 Å². The lowest BCUT2D eigenvalue weighted by Crippen LogP contribution is -2.10. The molecule has 536 valence electrons. The summed E-state index contributed by atoms with van der Waals surface area (Å²) in [6.45, 7) is 15.2. The van der Waals surface area contributed by atoms with Crippen LogP contribution in [0.3, 0.4) is 0 Å². The van der Waals surface area contributed by atoms with E-state index in [1.807, 2.05) is 36.4 Å². The van der Waals surface area contributed by atoms with Crippen molar-refractivity contribution < 1.29 is 73.3 Å². The topological polar surface area (TPSA) is 244 Å². The molecule has 0 radical (unpaired) electrons. The van der Waals surface area contributed by atoms with Crippen LogP contribution in [0.5, 0.6) is 11.5 Å². The maximum Gasteiger partial charge on any atom is 0.164 e. The number of halogens is 6. The van der Waals surface area contributed by atoms with Crippen molar-refractivity contribution in [2.75, 3.05) is 23.0 Å². The first-order chi connectivity index (χ1) is 48.1. The van der Waals surface area contributed by atoms with Gasteiger partial charge in [-0.3, -0.25) is 28.8 Å². The van der Waals surface area contributed by atoms with E-state index in [-0.39, 0.29) is 114 Å². The molecule has 4 aliphatic heterocycles. The molecule has 0 aliphatic carbocycles. The molecule has 4 aliphatic rings. The summed E-state index contributed by atoms with van der Waals surface area (Å²) in [5.74, 6) is 1.38.